The Labute approximate surface area is 159 Å². The van der Waals surface area contributed by atoms with Crippen molar-refractivity contribution in [3.8, 4) is 0 Å². The second-order valence-electron chi connectivity index (χ2n) is 6.35. The Hall–Kier alpha value is -2.42. The molecule has 0 spiro atoms. The highest BCUT2D eigenvalue weighted by Crippen LogP contribution is 2.21. The lowest BCUT2D eigenvalue weighted by atomic mass is 10.1. The summed E-state index contributed by atoms with van der Waals surface area (Å²) < 4.78 is 33.2. The fourth-order valence-electron chi connectivity index (χ4n) is 2.95. The highest BCUT2D eigenvalue weighted by Gasteiger charge is 2.29. The van der Waals surface area contributed by atoms with Crippen LogP contribution in [0.1, 0.15) is 18.4 Å². The Bertz CT molecular complexity index is 887. The van der Waals surface area contributed by atoms with Crippen molar-refractivity contribution in [1.82, 2.24) is 5.32 Å². The fourth-order valence-corrected chi connectivity index (χ4v) is 4.07. The van der Waals surface area contributed by atoms with Crippen LogP contribution in [-0.2, 0) is 26.1 Å². The lowest BCUT2D eigenvalue weighted by Crippen LogP contribution is -2.35. The third-order valence-electron chi connectivity index (χ3n) is 4.43. The average molecular weight is 389 g/mol. The van der Waals surface area contributed by atoms with Crippen LogP contribution >= 0.6 is 0 Å². The Morgan fingerprint density at radius 2 is 1.78 bits per heavy atom. The first-order valence-corrected chi connectivity index (χ1v) is 10.3. The Balaban J connectivity index is 1.67. The van der Waals surface area contributed by atoms with E-state index < -0.39 is 16.1 Å². The van der Waals surface area contributed by atoms with Crippen LogP contribution in [0.2, 0.25) is 0 Å². The second-order valence-corrected chi connectivity index (χ2v) is 8.04. The van der Waals surface area contributed by atoms with Gasteiger partial charge in [-0.2, -0.15) is 0 Å². The summed E-state index contributed by atoms with van der Waals surface area (Å²) in [5.74, 6) is -0.216. The molecule has 0 aromatic heterocycles. The molecule has 0 saturated carbocycles. The average Bonchev–Trinajstić information content (AvgIpc) is 3.17. The zero-order valence-electron chi connectivity index (χ0n) is 14.8. The molecule has 1 fully saturated rings. The van der Waals surface area contributed by atoms with Crippen LogP contribution in [0.3, 0.4) is 0 Å². The lowest BCUT2D eigenvalue weighted by Gasteiger charge is -2.15. The summed E-state index contributed by atoms with van der Waals surface area (Å²) >= 11 is 0. The van der Waals surface area contributed by atoms with E-state index in [0.29, 0.717) is 24.2 Å². The Morgan fingerprint density at radius 1 is 1.07 bits per heavy atom. The van der Waals surface area contributed by atoms with Crippen molar-refractivity contribution in [3.05, 3.63) is 60.2 Å². The monoisotopic (exact) mass is 389 g/mol. The number of nitrogens with two attached hydrogens (primary N) is 1. The van der Waals surface area contributed by atoms with Gasteiger partial charge >= 0.3 is 0 Å². The van der Waals surface area contributed by atoms with E-state index in [4.69, 9.17) is 10.5 Å². The number of hydrogen-bond acceptors (Lipinski definition) is 5. The standard InChI is InChI=1S/C19H23N3O4S/c20-12-15-10-11-18(26-15)19(23)21-13-14-6-4-5-9-17(14)22-27(24,25)16-7-2-1-3-8-16/h1-9,15,18,22H,10-13,20H2,(H,21,23)/t15-,18+/m1/s1. The number of sulfonamides is 1. The van der Waals surface area contributed by atoms with Gasteiger partial charge in [-0.15, -0.1) is 0 Å². The first kappa shape index (κ1) is 19.3. The van der Waals surface area contributed by atoms with Crippen LogP contribution in [-0.4, -0.2) is 33.1 Å². The van der Waals surface area contributed by atoms with Gasteiger partial charge in [0.05, 0.1) is 16.7 Å². The molecule has 144 valence electrons. The van der Waals surface area contributed by atoms with Crippen molar-refractivity contribution in [2.45, 2.75) is 36.5 Å². The van der Waals surface area contributed by atoms with Gasteiger partial charge in [0.1, 0.15) is 6.10 Å². The van der Waals surface area contributed by atoms with Crippen LogP contribution in [0.15, 0.2) is 59.5 Å². The van der Waals surface area contributed by atoms with Gasteiger partial charge in [-0.25, -0.2) is 8.42 Å². The fraction of sp³-hybridized carbons (Fsp3) is 0.316. The molecule has 0 aliphatic carbocycles. The molecule has 2 aromatic rings. The van der Waals surface area contributed by atoms with E-state index >= 15 is 0 Å². The molecule has 1 aliphatic heterocycles. The predicted octanol–water partition coefficient (Wildman–Crippen LogP) is 1.61. The summed E-state index contributed by atoms with van der Waals surface area (Å²) in [7, 11) is -3.70. The van der Waals surface area contributed by atoms with Crippen LogP contribution in [0.4, 0.5) is 5.69 Å². The quantitative estimate of drug-likeness (QED) is 0.666. The van der Waals surface area contributed by atoms with Crippen LogP contribution in [0, 0.1) is 0 Å². The van der Waals surface area contributed by atoms with E-state index in [1.807, 2.05) is 0 Å². The van der Waals surface area contributed by atoms with Crippen LogP contribution in [0.5, 0.6) is 0 Å². The molecule has 27 heavy (non-hydrogen) atoms. The third kappa shape index (κ3) is 4.85. The maximum atomic E-state index is 12.5. The zero-order valence-corrected chi connectivity index (χ0v) is 15.6. The van der Waals surface area contributed by atoms with Crippen molar-refractivity contribution < 1.29 is 17.9 Å². The minimum atomic E-state index is -3.70. The first-order chi connectivity index (χ1) is 13.0. The maximum absolute atomic E-state index is 12.5. The molecule has 8 heteroatoms. The number of rotatable bonds is 7. The molecule has 2 aromatic carbocycles. The van der Waals surface area contributed by atoms with Gasteiger partial charge in [-0.1, -0.05) is 36.4 Å². The molecule has 4 N–H and O–H groups in total. The molecule has 1 saturated heterocycles. The smallest absolute Gasteiger partial charge is 0.261 e. The van der Waals surface area contributed by atoms with E-state index in [9.17, 15) is 13.2 Å². The van der Waals surface area contributed by atoms with Gasteiger partial charge in [-0.05, 0) is 36.6 Å². The number of para-hydroxylation sites is 1. The normalized spacial score (nSPS) is 19.6. The second kappa shape index (κ2) is 8.51. The molecular weight excluding hydrogens is 366 g/mol. The van der Waals surface area contributed by atoms with Gasteiger partial charge in [0.25, 0.3) is 10.0 Å². The number of ether oxygens (including phenoxy) is 1. The maximum Gasteiger partial charge on any atom is 0.261 e. The molecule has 0 radical (unpaired) electrons. The van der Waals surface area contributed by atoms with Crippen LogP contribution in [0.25, 0.3) is 0 Å². The molecule has 0 bridgehead atoms. The topological polar surface area (TPSA) is 111 Å². The molecule has 1 aliphatic rings. The van der Waals surface area contributed by atoms with E-state index in [0.717, 1.165) is 6.42 Å². The van der Waals surface area contributed by atoms with Gasteiger partial charge in [-0.3, -0.25) is 9.52 Å². The number of anilines is 1. The molecule has 2 atom stereocenters. The molecule has 7 nitrogen and oxygen atoms in total. The predicted molar refractivity (Wildman–Crippen MR) is 102 cm³/mol. The molecule has 3 rings (SSSR count). The van der Waals surface area contributed by atoms with Crippen molar-refractivity contribution in [3.63, 3.8) is 0 Å². The van der Waals surface area contributed by atoms with E-state index in [-0.39, 0.29) is 23.5 Å². The summed E-state index contributed by atoms with van der Waals surface area (Å²) in [6, 6.07) is 15.1. The van der Waals surface area contributed by atoms with Crippen molar-refractivity contribution in [2.75, 3.05) is 11.3 Å². The lowest BCUT2D eigenvalue weighted by molar-refractivity contribution is -0.132. The summed E-state index contributed by atoms with van der Waals surface area (Å²) in [6.07, 6.45) is 0.815. The van der Waals surface area contributed by atoms with Crippen molar-refractivity contribution in [2.24, 2.45) is 5.73 Å². The highest BCUT2D eigenvalue weighted by atomic mass is 32.2. The summed E-state index contributed by atoms with van der Waals surface area (Å²) in [5, 5.41) is 2.81. The minimum Gasteiger partial charge on any atom is -0.364 e. The highest BCUT2D eigenvalue weighted by molar-refractivity contribution is 7.92. The van der Waals surface area contributed by atoms with Gasteiger partial charge in [0, 0.05) is 13.1 Å². The van der Waals surface area contributed by atoms with Gasteiger partial charge in [0.2, 0.25) is 5.91 Å². The van der Waals surface area contributed by atoms with E-state index in [2.05, 4.69) is 10.0 Å². The Morgan fingerprint density at radius 3 is 2.48 bits per heavy atom. The van der Waals surface area contributed by atoms with Gasteiger partial charge < -0.3 is 15.8 Å². The summed E-state index contributed by atoms with van der Waals surface area (Å²) in [4.78, 5) is 12.5. The third-order valence-corrected chi connectivity index (χ3v) is 5.81. The summed E-state index contributed by atoms with van der Waals surface area (Å²) in [5.41, 5.74) is 6.66. The largest absolute Gasteiger partial charge is 0.364 e. The number of hydrogen-bond donors (Lipinski definition) is 3. The van der Waals surface area contributed by atoms with Crippen LogP contribution < -0.4 is 15.8 Å². The minimum absolute atomic E-state index is 0.0780. The van der Waals surface area contributed by atoms with E-state index in [1.165, 1.54) is 12.1 Å². The number of carbonyl (C=O) groups is 1. The molecule has 0 unspecified atom stereocenters. The van der Waals surface area contributed by atoms with Crippen molar-refractivity contribution in [1.29, 1.82) is 0 Å². The number of carbonyl (C=O) groups excluding carboxylic acids is 1. The SMILES string of the molecule is NC[C@H]1CC[C@@H](C(=O)NCc2ccccc2NS(=O)(=O)c2ccccc2)O1. The number of nitrogens with one attached hydrogen (secondary N) is 2. The molecular formula is C19H23N3O4S. The zero-order chi connectivity index (χ0) is 19.3. The Kier molecular flexibility index (Phi) is 6.10. The summed E-state index contributed by atoms with van der Waals surface area (Å²) in [6.45, 7) is 0.591. The van der Waals surface area contributed by atoms with E-state index in [1.54, 1.807) is 42.5 Å². The number of benzene rings is 2. The first-order valence-electron chi connectivity index (χ1n) is 8.78. The number of amides is 1. The molecule has 1 heterocycles. The molecule has 1 amide bonds. The van der Waals surface area contributed by atoms with Crippen molar-refractivity contribution >= 4 is 21.6 Å². The van der Waals surface area contributed by atoms with Gasteiger partial charge in [0.15, 0.2) is 0 Å².